The molecule has 6 atom stereocenters. The zero-order valence-corrected chi connectivity index (χ0v) is 28.6. The van der Waals surface area contributed by atoms with Crippen LogP contribution < -0.4 is 0 Å². The SMILES string of the molecule is O=C(OCC1CCC(CO)(CCO)C(O)C1)C(=Cc1ccc(O)cc1)C(=Cc1ccc(O)c(O)c1)C(=O)OCC1CCC(CO)(CCO)C(O)C1. The molecule has 0 heterocycles. The van der Waals surface area contributed by atoms with Crippen LogP contribution in [0.4, 0.5) is 0 Å². The highest BCUT2D eigenvalue weighted by atomic mass is 16.5. The van der Waals surface area contributed by atoms with Gasteiger partial charge in [0.25, 0.3) is 0 Å². The summed E-state index contributed by atoms with van der Waals surface area (Å²) in [5.41, 5.74) is -1.49. The summed E-state index contributed by atoms with van der Waals surface area (Å²) in [4.78, 5) is 27.8. The largest absolute Gasteiger partial charge is 0.508 e. The van der Waals surface area contributed by atoms with Gasteiger partial charge >= 0.3 is 11.9 Å². The average Bonchev–Trinajstić information content (AvgIpc) is 3.12. The molecule has 2 saturated carbocycles. The maximum Gasteiger partial charge on any atom is 0.339 e. The zero-order chi connectivity index (χ0) is 37.2. The molecule has 2 aromatic rings. The van der Waals surface area contributed by atoms with Crippen molar-refractivity contribution >= 4 is 24.1 Å². The number of esters is 2. The second-order valence-corrected chi connectivity index (χ2v) is 14.0. The van der Waals surface area contributed by atoms with E-state index < -0.39 is 46.5 Å². The highest BCUT2D eigenvalue weighted by Crippen LogP contribution is 2.43. The van der Waals surface area contributed by atoms with Gasteiger partial charge in [0.05, 0.1) is 49.8 Å². The molecular formula is C38H50O13. The molecule has 6 unspecified atom stereocenters. The molecule has 2 aliphatic carbocycles. The van der Waals surface area contributed by atoms with Gasteiger partial charge in [-0.1, -0.05) is 18.2 Å². The molecule has 0 amide bonds. The Morgan fingerprint density at radius 2 is 1.12 bits per heavy atom. The van der Waals surface area contributed by atoms with Crippen LogP contribution in [0.1, 0.15) is 62.5 Å². The fourth-order valence-electron chi connectivity index (χ4n) is 7.11. The van der Waals surface area contributed by atoms with Gasteiger partial charge in [0, 0.05) is 24.0 Å². The minimum absolute atomic E-state index is 0.0269. The highest BCUT2D eigenvalue weighted by molar-refractivity contribution is 6.12. The third-order valence-corrected chi connectivity index (χ3v) is 10.6. The lowest BCUT2D eigenvalue weighted by Gasteiger charge is -2.42. The van der Waals surface area contributed by atoms with Gasteiger partial charge in [-0.2, -0.15) is 0 Å². The van der Waals surface area contributed by atoms with Crippen molar-refractivity contribution in [1.82, 2.24) is 0 Å². The first-order valence-corrected chi connectivity index (χ1v) is 17.3. The van der Waals surface area contributed by atoms with E-state index in [1.54, 1.807) is 0 Å². The molecular weight excluding hydrogens is 664 g/mol. The maximum atomic E-state index is 13.9. The summed E-state index contributed by atoms with van der Waals surface area (Å²) in [6.07, 6.45) is 3.49. The first-order chi connectivity index (χ1) is 24.4. The van der Waals surface area contributed by atoms with Gasteiger partial charge in [-0.15, -0.1) is 0 Å². The molecule has 0 radical (unpaired) electrons. The smallest absolute Gasteiger partial charge is 0.339 e. The van der Waals surface area contributed by atoms with Gasteiger partial charge in [0.15, 0.2) is 11.5 Å². The number of aliphatic hydroxyl groups excluding tert-OH is 6. The Hall–Kier alpha value is -3.98. The topological polar surface area (TPSA) is 235 Å². The third-order valence-electron chi connectivity index (χ3n) is 10.6. The number of benzene rings is 2. The molecule has 0 saturated heterocycles. The van der Waals surface area contributed by atoms with Gasteiger partial charge in [-0.3, -0.25) is 0 Å². The number of carbonyl (C=O) groups is 2. The fourth-order valence-corrected chi connectivity index (χ4v) is 7.11. The predicted octanol–water partition coefficient (Wildman–Crippen LogP) is 2.40. The van der Waals surface area contributed by atoms with E-state index in [0.29, 0.717) is 31.2 Å². The average molecular weight is 715 g/mol. The lowest BCUT2D eigenvalue weighted by atomic mass is 9.67. The lowest BCUT2D eigenvalue weighted by molar-refractivity contribution is -0.146. The Morgan fingerprint density at radius 1 is 0.667 bits per heavy atom. The summed E-state index contributed by atoms with van der Waals surface area (Å²) < 4.78 is 11.5. The van der Waals surface area contributed by atoms with Crippen LogP contribution in [-0.4, -0.2) is 110 Å². The second kappa shape index (κ2) is 18.0. The molecule has 51 heavy (non-hydrogen) atoms. The molecule has 9 N–H and O–H groups in total. The molecule has 2 aliphatic rings. The number of hydrogen-bond donors (Lipinski definition) is 9. The Balaban J connectivity index is 1.62. The van der Waals surface area contributed by atoms with E-state index in [1.165, 1.54) is 54.6 Å². The quantitative estimate of drug-likeness (QED) is 0.0559. The van der Waals surface area contributed by atoms with Crippen LogP contribution in [0.2, 0.25) is 0 Å². The number of aliphatic hydroxyl groups is 6. The fraction of sp³-hybridized carbons (Fsp3) is 0.526. The summed E-state index contributed by atoms with van der Waals surface area (Å²) in [5, 5.41) is 90.4. The van der Waals surface area contributed by atoms with E-state index in [9.17, 15) is 55.5 Å². The van der Waals surface area contributed by atoms with E-state index in [4.69, 9.17) is 9.47 Å². The van der Waals surface area contributed by atoms with Crippen LogP contribution in [0.15, 0.2) is 53.6 Å². The normalized spacial score (nSPS) is 27.2. The summed E-state index contributed by atoms with van der Waals surface area (Å²) in [7, 11) is 0. The molecule has 0 bridgehead atoms. The Morgan fingerprint density at radius 3 is 1.53 bits per heavy atom. The van der Waals surface area contributed by atoms with Gasteiger partial charge in [0.1, 0.15) is 5.75 Å². The van der Waals surface area contributed by atoms with Crippen LogP contribution in [0.5, 0.6) is 17.2 Å². The molecule has 0 aromatic heterocycles. The number of aromatic hydroxyl groups is 3. The van der Waals surface area contributed by atoms with Crippen molar-refractivity contribution < 1.29 is 65.0 Å². The summed E-state index contributed by atoms with van der Waals surface area (Å²) in [6, 6.07) is 9.67. The van der Waals surface area contributed by atoms with Crippen LogP contribution in [0.3, 0.4) is 0 Å². The van der Waals surface area contributed by atoms with E-state index >= 15 is 0 Å². The van der Waals surface area contributed by atoms with E-state index in [-0.39, 0.29) is 99.6 Å². The second-order valence-electron chi connectivity index (χ2n) is 14.0. The van der Waals surface area contributed by atoms with Gasteiger partial charge in [-0.25, -0.2) is 9.59 Å². The van der Waals surface area contributed by atoms with E-state index in [1.807, 2.05) is 0 Å². The van der Waals surface area contributed by atoms with E-state index in [2.05, 4.69) is 0 Å². The number of hydrogen-bond acceptors (Lipinski definition) is 13. The maximum absolute atomic E-state index is 13.9. The molecule has 13 nitrogen and oxygen atoms in total. The van der Waals surface area contributed by atoms with Crippen molar-refractivity contribution in [3.63, 3.8) is 0 Å². The molecule has 280 valence electrons. The minimum Gasteiger partial charge on any atom is -0.508 e. The highest BCUT2D eigenvalue weighted by Gasteiger charge is 2.43. The van der Waals surface area contributed by atoms with Gasteiger partial charge < -0.3 is 55.4 Å². The van der Waals surface area contributed by atoms with Crippen molar-refractivity contribution in [2.24, 2.45) is 22.7 Å². The van der Waals surface area contributed by atoms with Crippen molar-refractivity contribution in [3.05, 3.63) is 64.7 Å². The number of ether oxygens (including phenoxy) is 2. The Bertz CT molecular complexity index is 1540. The number of phenols is 3. The van der Waals surface area contributed by atoms with Crippen molar-refractivity contribution in [3.8, 4) is 17.2 Å². The first kappa shape index (κ1) is 39.8. The standard InChI is InChI=1S/C38H50O13/c39-13-11-37(22-41)9-7-26(18-33(37)46)20-50-35(48)29(15-24-1-4-28(43)5-2-24)30(16-25-3-6-31(44)32(45)17-25)36(49)51-21-27-8-10-38(23-42,12-14-40)34(47)19-27/h1-6,15-17,26-27,33-34,39-47H,7-14,18-23H2. The number of phenolic OH excluding ortho intramolecular Hbond substituents is 3. The summed E-state index contributed by atoms with van der Waals surface area (Å²) in [5.74, 6) is -3.27. The van der Waals surface area contributed by atoms with Gasteiger partial charge in [0.2, 0.25) is 0 Å². The van der Waals surface area contributed by atoms with Crippen molar-refractivity contribution in [1.29, 1.82) is 0 Å². The van der Waals surface area contributed by atoms with Crippen molar-refractivity contribution in [2.75, 3.05) is 39.6 Å². The van der Waals surface area contributed by atoms with Gasteiger partial charge in [-0.05, 0) is 111 Å². The Kier molecular flexibility index (Phi) is 14.0. The lowest BCUT2D eigenvalue weighted by Crippen LogP contribution is -2.45. The number of carbonyl (C=O) groups excluding carboxylic acids is 2. The zero-order valence-electron chi connectivity index (χ0n) is 28.6. The minimum atomic E-state index is -0.938. The molecule has 0 aliphatic heterocycles. The molecule has 0 spiro atoms. The summed E-state index contributed by atoms with van der Waals surface area (Å²) in [6.45, 7) is -1.23. The summed E-state index contributed by atoms with van der Waals surface area (Å²) >= 11 is 0. The Labute approximate surface area is 296 Å². The molecule has 2 aromatic carbocycles. The third kappa shape index (κ3) is 9.88. The van der Waals surface area contributed by atoms with Crippen LogP contribution in [0, 0.1) is 22.7 Å². The van der Waals surface area contributed by atoms with E-state index in [0.717, 1.165) is 0 Å². The number of rotatable bonds is 15. The van der Waals surface area contributed by atoms with Crippen LogP contribution in [-0.2, 0) is 19.1 Å². The first-order valence-electron chi connectivity index (χ1n) is 17.3. The molecule has 2 fully saturated rings. The molecule has 13 heteroatoms. The van der Waals surface area contributed by atoms with Crippen LogP contribution >= 0.6 is 0 Å². The predicted molar refractivity (Wildman–Crippen MR) is 185 cm³/mol. The van der Waals surface area contributed by atoms with Crippen LogP contribution in [0.25, 0.3) is 12.2 Å². The molecule has 4 rings (SSSR count). The monoisotopic (exact) mass is 714 g/mol. The van der Waals surface area contributed by atoms with Crippen molar-refractivity contribution in [2.45, 2.75) is 63.6 Å².